The van der Waals surface area contributed by atoms with Gasteiger partial charge in [0.15, 0.2) is 0 Å². The second-order valence-electron chi connectivity index (χ2n) is 7.91. The maximum atomic E-state index is 4.71. The molecule has 0 spiro atoms. The Bertz CT molecular complexity index is 1290. The molecule has 132 valence electrons. The highest BCUT2D eigenvalue weighted by Crippen LogP contribution is 2.55. The summed E-state index contributed by atoms with van der Waals surface area (Å²) in [4.78, 5) is 11.7. The Morgan fingerprint density at radius 2 is 1.50 bits per heavy atom. The first kappa shape index (κ1) is 14.6. The van der Waals surface area contributed by atoms with Crippen molar-refractivity contribution in [3.8, 4) is 11.1 Å². The molecule has 3 nitrogen and oxygen atoms in total. The molecule has 0 N–H and O–H groups in total. The summed E-state index contributed by atoms with van der Waals surface area (Å²) in [7, 11) is 0. The minimum absolute atomic E-state index is 0.851. The van der Waals surface area contributed by atoms with Crippen LogP contribution < -0.4 is 4.90 Å². The summed E-state index contributed by atoms with van der Waals surface area (Å²) in [6, 6.07) is 17.8. The molecule has 28 heavy (non-hydrogen) atoms. The maximum Gasteiger partial charge on any atom is 0.0688 e. The monoisotopic (exact) mass is 359 g/mol. The van der Waals surface area contributed by atoms with E-state index >= 15 is 0 Å². The Labute approximate surface area is 163 Å². The van der Waals surface area contributed by atoms with E-state index in [4.69, 9.17) is 4.98 Å². The minimum atomic E-state index is 0.851. The van der Waals surface area contributed by atoms with E-state index in [1.807, 2.05) is 18.6 Å². The number of hydrogen-bond donors (Lipinski definition) is 0. The predicted molar refractivity (Wildman–Crippen MR) is 111 cm³/mol. The molecule has 0 radical (unpaired) electrons. The van der Waals surface area contributed by atoms with E-state index in [0.717, 1.165) is 25.0 Å². The summed E-state index contributed by atoms with van der Waals surface area (Å²) in [5.74, 6) is 0. The zero-order valence-electron chi connectivity index (χ0n) is 15.3. The van der Waals surface area contributed by atoms with Crippen LogP contribution in [0, 0.1) is 0 Å². The largest absolute Gasteiger partial charge is 0.307 e. The van der Waals surface area contributed by atoms with Crippen molar-refractivity contribution in [1.29, 1.82) is 0 Å². The van der Waals surface area contributed by atoms with E-state index in [2.05, 4.69) is 58.4 Å². The van der Waals surface area contributed by atoms with Crippen LogP contribution in [0.2, 0.25) is 0 Å². The average Bonchev–Trinajstić information content (AvgIpc) is 3.12. The van der Waals surface area contributed by atoms with Crippen LogP contribution in [0.5, 0.6) is 0 Å². The smallest absolute Gasteiger partial charge is 0.0688 e. The molecule has 0 amide bonds. The van der Waals surface area contributed by atoms with Crippen LogP contribution in [0.3, 0.4) is 0 Å². The molecular formula is C25H17N3. The van der Waals surface area contributed by atoms with Gasteiger partial charge in [-0.2, -0.15) is 0 Å². The van der Waals surface area contributed by atoms with Crippen molar-refractivity contribution in [2.75, 3.05) is 4.90 Å². The van der Waals surface area contributed by atoms with Gasteiger partial charge in [-0.3, -0.25) is 9.97 Å². The van der Waals surface area contributed by atoms with Gasteiger partial charge in [0, 0.05) is 42.6 Å². The van der Waals surface area contributed by atoms with E-state index in [1.165, 1.54) is 56.0 Å². The van der Waals surface area contributed by atoms with Gasteiger partial charge in [-0.25, -0.2) is 0 Å². The molecule has 0 unspecified atom stereocenters. The highest BCUT2D eigenvalue weighted by atomic mass is 15.2. The van der Waals surface area contributed by atoms with Gasteiger partial charge in [-0.05, 0) is 46.4 Å². The van der Waals surface area contributed by atoms with Crippen molar-refractivity contribution in [3.63, 3.8) is 0 Å². The van der Waals surface area contributed by atoms with Crippen molar-refractivity contribution in [1.82, 2.24) is 9.97 Å². The van der Waals surface area contributed by atoms with Crippen LogP contribution in [0.25, 0.3) is 11.1 Å². The standard InChI is InChI=1S/C25H17N3/c1-2-5-20-15(4-1)10-16-7-8-17-11-18-13-26-14-19-12-21-22(6-3-9-27-21)28(24(18)19)25(17)23(16)20/h1-9,13-14H,10-12H2. The third kappa shape index (κ3) is 1.74. The summed E-state index contributed by atoms with van der Waals surface area (Å²) in [5.41, 5.74) is 14.6. The highest BCUT2D eigenvalue weighted by molar-refractivity contribution is 5.98. The lowest BCUT2D eigenvalue weighted by atomic mass is 9.86. The number of fused-ring (bicyclic) bond motifs is 8. The fraction of sp³-hybridized carbons (Fsp3) is 0.120. The average molecular weight is 359 g/mol. The molecule has 3 aliphatic rings. The molecule has 0 atom stereocenters. The number of nitrogens with zero attached hydrogens (tertiary/aromatic N) is 3. The van der Waals surface area contributed by atoms with Gasteiger partial charge in [0.1, 0.15) is 0 Å². The van der Waals surface area contributed by atoms with Crippen LogP contribution in [0.1, 0.15) is 33.5 Å². The molecule has 2 aliphatic heterocycles. The number of pyridine rings is 2. The van der Waals surface area contributed by atoms with Crippen LogP contribution in [-0.2, 0) is 19.3 Å². The topological polar surface area (TPSA) is 29.0 Å². The summed E-state index contributed by atoms with van der Waals surface area (Å²) in [6.07, 6.45) is 8.76. The summed E-state index contributed by atoms with van der Waals surface area (Å²) in [5, 5.41) is 0. The number of aromatic nitrogens is 2. The first-order valence-electron chi connectivity index (χ1n) is 9.81. The lowest BCUT2D eigenvalue weighted by Crippen LogP contribution is -2.26. The van der Waals surface area contributed by atoms with Gasteiger partial charge in [-0.1, -0.05) is 36.4 Å². The number of hydrogen-bond acceptors (Lipinski definition) is 3. The van der Waals surface area contributed by atoms with Gasteiger partial charge in [0.2, 0.25) is 0 Å². The van der Waals surface area contributed by atoms with E-state index in [1.54, 1.807) is 0 Å². The van der Waals surface area contributed by atoms with Crippen molar-refractivity contribution in [2.45, 2.75) is 19.3 Å². The molecule has 2 aromatic carbocycles. The van der Waals surface area contributed by atoms with Crippen molar-refractivity contribution < 1.29 is 0 Å². The van der Waals surface area contributed by atoms with Crippen LogP contribution in [0.15, 0.2) is 67.1 Å². The zero-order chi connectivity index (χ0) is 18.2. The van der Waals surface area contributed by atoms with E-state index in [9.17, 15) is 0 Å². The normalized spacial score (nSPS) is 14.6. The van der Waals surface area contributed by atoms with Gasteiger partial charge in [-0.15, -0.1) is 0 Å². The Kier molecular flexibility index (Phi) is 2.64. The molecule has 1 aliphatic carbocycles. The second kappa shape index (κ2) is 5.08. The minimum Gasteiger partial charge on any atom is -0.307 e. The molecule has 0 bridgehead atoms. The molecule has 4 heterocycles. The molecule has 0 saturated heterocycles. The Hall–Kier alpha value is -3.46. The molecule has 7 rings (SSSR count). The van der Waals surface area contributed by atoms with Gasteiger partial charge < -0.3 is 4.90 Å². The Morgan fingerprint density at radius 1 is 0.679 bits per heavy atom. The molecule has 3 heteroatoms. The predicted octanol–water partition coefficient (Wildman–Crippen LogP) is 5.33. The van der Waals surface area contributed by atoms with Crippen LogP contribution in [0.4, 0.5) is 17.1 Å². The maximum absolute atomic E-state index is 4.71. The van der Waals surface area contributed by atoms with E-state index < -0.39 is 0 Å². The second-order valence-corrected chi connectivity index (χ2v) is 7.91. The van der Waals surface area contributed by atoms with Gasteiger partial charge in [0.25, 0.3) is 0 Å². The quantitative estimate of drug-likeness (QED) is 0.367. The first-order chi connectivity index (χ1) is 13.9. The summed E-state index contributed by atoms with van der Waals surface area (Å²) >= 11 is 0. The Morgan fingerprint density at radius 3 is 2.46 bits per heavy atom. The Balaban J connectivity index is 1.60. The fourth-order valence-electron chi connectivity index (χ4n) is 5.24. The van der Waals surface area contributed by atoms with Gasteiger partial charge in [0.05, 0.1) is 22.8 Å². The molecule has 2 aromatic heterocycles. The van der Waals surface area contributed by atoms with Crippen LogP contribution in [-0.4, -0.2) is 9.97 Å². The van der Waals surface area contributed by atoms with Crippen LogP contribution >= 0.6 is 0 Å². The summed E-state index contributed by atoms with van der Waals surface area (Å²) in [6.45, 7) is 0. The first-order valence-corrected chi connectivity index (χ1v) is 9.81. The third-order valence-corrected chi connectivity index (χ3v) is 6.38. The molecule has 0 fully saturated rings. The van der Waals surface area contributed by atoms with Gasteiger partial charge >= 0.3 is 0 Å². The lowest BCUT2D eigenvalue weighted by Gasteiger charge is -2.39. The van der Waals surface area contributed by atoms with Crippen molar-refractivity contribution in [2.24, 2.45) is 0 Å². The number of benzene rings is 2. The molecule has 4 aromatic rings. The third-order valence-electron chi connectivity index (χ3n) is 6.38. The highest BCUT2D eigenvalue weighted by Gasteiger charge is 2.36. The van der Waals surface area contributed by atoms with E-state index in [-0.39, 0.29) is 0 Å². The van der Waals surface area contributed by atoms with E-state index in [0.29, 0.717) is 0 Å². The number of rotatable bonds is 0. The SMILES string of the molecule is c1ccc2c(c1)Cc1ccc3c(c1-2)N1c2cccnc2Cc2cncc(c21)C3. The van der Waals surface area contributed by atoms with Crippen molar-refractivity contribution >= 4 is 17.1 Å². The molecular weight excluding hydrogens is 342 g/mol. The summed E-state index contributed by atoms with van der Waals surface area (Å²) < 4.78 is 0. The fourth-order valence-corrected chi connectivity index (χ4v) is 5.24. The molecule has 0 saturated carbocycles. The van der Waals surface area contributed by atoms with Crippen molar-refractivity contribution in [3.05, 3.63) is 101 Å². The number of anilines is 3. The lowest BCUT2D eigenvalue weighted by molar-refractivity contribution is 0.952. The zero-order valence-corrected chi connectivity index (χ0v) is 15.3.